The van der Waals surface area contributed by atoms with Gasteiger partial charge >= 0.3 is 6.16 Å². The normalized spacial score (nSPS) is 10.1. The average Bonchev–Trinajstić information content (AvgIpc) is 2.83. The van der Waals surface area contributed by atoms with E-state index in [1.807, 2.05) is 6.07 Å². The summed E-state index contributed by atoms with van der Waals surface area (Å²) in [6, 6.07) is 20.3. The van der Waals surface area contributed by atoms with Gasteiger partial charge in [0.2, 0.25) is 0 Å². The summed E-state index contributed by atoms with van der Waals surface area (Å²) in [5.41, 5.74) is 2.24. The minimum Gasteiger partial charge on any atom is -0.496 e. The van der Waals surface area contributed by atoms with Crippen molar-refractivity contribution in [1.82, 2.24) is 5.32 Å². The van der Waals surface area contributed by atoms with Crippen molar-refractivity contribution in [1.29, 1.82) is 0 Å². The Labute approximate surface area is 191 Å². The fourth-order valence-electron chi connectivity index (χ4n) is 2.99. The second kappa shape index (κ2) is 11.3. The number of methoxy groups -OCH3 is 1. The third-order valence-corrected chi connectivity index (χ3v) is 4.57. The van der Waals surface area contributed by atoms with Gasteiger partial charge in [0.15, 0.2) is 0 Å². The summed E-state index contributed by atoms with van der Waals surface area (Å²) in [5.74, 6) is 0.181. The van der Waals surface area contributed by atoms with Gasteiger partial charge in [0, 0.05) is 17.8 Å². The van der Waals surface area contributed by atoms with E-state index in [9.17, 15) is 14.4 Å². The van der Waals surface area contributed by atoms with Gasteiger partial charge in [-0.1, -0.05) is 24.3 Å². The van der Waals surface area contributed by atoms with E-state index in [0.717, 1.165) is 5.56 Å². The number of ether oxygens (including phenoxy) is 3. The first-order chi connectivity index (χ1) is 16.0. The standard InChI is InChI=1S/C25H24N2O6/c1-3-32-25(30)33-20-13-11-18(12-14-20)23(28)26-16-17-7-6-8-19(15-17)27-24(29)21-9-4-5-10-22(21)31-2/h4-15H,3,16H2,1-2H3,(H,26,28)(H,27,29). The van der Waals surface area contributed by atoms with Crippen LogP contribution in [-0.2, 0) is 11.3 Å². The molecule has 0 atom stereocenters. The third kappa shape index (κ3) is 6.57. The number of hydrogen-bond acceptors (Lipinski definition) is 6. The van der Waals surface area contributed by atoms with Crippen LogP contribution in [0.5, 0.6) is 11.5 Å². The Bertz CT molecular complexity index is 1130. The average molecular weight is 448 g/mol. The van der Waals surface area contributed by atoms with E-state index < -0.39 is 6.16 Å². The van der Waals surface area contributed by atoms with Gasteiger partial charge in [-0.25, -0.2) is 4.79 Å². The lowest BCUT2D eigenvalue weighted by atomic mass is 10.1. The highest BCUT2D eigenvalue weighted by atomic mass is 16.7. The molecule has 0 aliphatic carbocycles. The molecule has 3 aromatic carbocycles. The van der Waals surface area contributed by atoms with Gasteiger partial charge in [0.05, 0.1) is 19.3 Å². The Morgan fingerprint density at radius 3 is 2.36 bits per heavy atom. The van der Waals surface area contributed by atoms with Crippen LogP contribution in [0.4, 0.5) is 10.5 Å². The third-order valence-electron chi connectivity index (χ3n) is 4.57. The lowest BCUT2D eigenvalue weighted by Crippen LogP contribution is -2.23. The quantitative estimate of drug-likeness (QED) is 0.391. The maximum absolute atomic E-state index is 12.6. The number of anilines is 1. The molecule has 0 heterocycles. The Hall–Kier alpha value is -4.33. The highest BCUT2D eigenvalue weighted by Crippen LogP contribution is 2.20. The predicted octanol–water partition coefficient (Wildman–Crippen LogP) is 4.41. The van der Waals surface area contributed by atoms with Crippen LogP contribution < -0.4 is 20.1 Å². The van der Waals surface area contributed by atoms with Crippen molar-refractivity contribution in [2.24, 2.45) is 0 Å². The molecule has 0 saturated carbocycles. The summed E-state index contributed by atoms with van der Waals surface area (Å²) >= 11 is 0. The highest BCUT2D eigenvalue weighted by molar-refractivity contribution is 6.06. The molecule has 2 N–H and O–H groups in total. The zero-order chi connectivity index (χ0) is 23.6. The molecule has 170 valence electrons. The Kier molecular flexibility index (Phi) is 8.02. The number of hydrogen-bond donors (Lipinski definition) is 2. The van der Waals surface area contributed by atoms with Gasteiger partial charge in [-0.05, 0) is 61.0 Å². The monoisotopic (exact) mass is 448 g/mol. The van der Waals surface area contributed by atoms with Crippen LogP contribution in [-0.4, -0.2) is 31.7 Å². The van der Waals surface area contributed by atoms with Crippen LogP contribution in [0.15, 0.2) is 72.8 Å². The molecule has 0 unspecified atom stereocenters. The molecule has 8 nitrogen and oxygen atoms in total. The SMILES string of the molecule is CCOC(=O)Oc1ccc(C(=O)NCc2cccc(NC(=O)c3ccccc3OC)c2)cc1. The molecule has 0 fully saturated rings. The zero-order valence-electron chi connectivity index (χ0n) is 18.3. The van der Waals surface area contributed by atoms with Crippen molar-refractivity contribution in [3.05, 3.63) is 89.5 Å². The Morgan fingerprint density at radius 2 is 1.64 bits per heavy atom. The maximum Gasteiger partial charge on any atom is 0.513 e. The summed E-state index contributed by atoms with van der Waals surface area (Å²) in [6.45, 7) is 2.15. The first-order valence-corrected chi connectivity index (χ1v) is 10.3. The van der Waals surface area contributed by atoms with Crippen molar-refractivity contribution in [3.63, 3.8) is 0 Å². The lowest BCUT2D eigenvalue weighted by molar-refractivity contribution is 0.0949. The van der Waals surface area contributed by atoms with Crippen molar-refractivity contribution in [2.75, 3.05) is 19.0 Å². The van der Waals surface area contributed by atoms with Gasteiger partial charge in [-0.2, -0.15) is 0 Å². The molecule has 3 rings (SSSR count). The smallest absolute Gasteiger partial charge is 0.496 e. The van der Waals surface area contributed by atoms with Crippen LogP contribution in [0.3, 0.4) is 0 Å². The number of amides is 2. The molecule has 0 saturated heterocycles. The van der Waals surface area contributed by atoms with E-state index in [4.69, 9.17) is 14.2 Å². The van der Waals surface area contributed by atoms with Crippen LogP contribution in [0.1, 0.15) is 33.2 Å². The molecule has 33 heavy (non-hydrogen) atoms. The molecule has 0 bridgehead atoms. The molecule has 0 spiro atoms. The first kappa shape index (κ1) is 23.3. The molecule has 8 heteroatoms. The fourth-order valence-corrected chi connectivity index (χ4v) is 2.99. The fraction of sp³-hybridized carbons (Fsp3) is 0.160. The summed E-state index contributed by atoms with van der Waals surface area (Å²) < 4.78 is 14.9. The van der Waals surface area contributed by atoms with Crippen LogP contribution in [0.25, 0.3) is 0 Å². The Balaban J connectivity index is 1.57. The first-order valence-electron chi connectivity index (χ1n) is 10.3. The number of benzene rings is 3. The van der Waals surface area contributed by atoms with Gasteiger partial charge in [0.1, 0.15) is 11.5 Å². The maximum atomic E-state index is 12.6. The molecule has 0 aliphatic rings. The van der Waals surface area contributed by atoms with Crippen molar-refractivity contribution in [3.8, 4) is 11.5 Å². The molecule has 2 amide bonds. The largest absolute Gasteiger partial charge is 0.513 e. The molecule has 0 aromatic heterocycles. The van der Waals surface area contributed by atoms with Crippen molar-refractivity contribution >= 4 is 23.7 Å². The van der Waals surface area contributed by atoms with Crippen LogP contribution >= 0.6 is 0 Å². The minimum absolute atomic E-state index is 0.213. The van der Waals surface area contributed by atoms with Crippen LogP contribution in [0.2, 0.25) is 0 Å². The summed E-state index contributed by atoms with van der Waals surface area (Å²) in [5, 5.41) is 5.66. The number of rotatable bonds is 8. The molecular weight excluding hydrogens is 424 g/mol. The van der Waals surface area contributed by atoms with E-state index >= 15 is 0 Å². The summed E-state index contributed by atoms with van der Waals surface area (Å²) in [6.07, 6.45) is -0.799. The second-order valence-corrected chi connectivity index (χ2v) is 6.85. The molecule has 0 radical (unpaired) electrons. The molecule has 3 aromatic rings. The van der Waals surface area contributed by atoms with E-state index in [0.29, 0.717) is 22.6 Å². The van der Waals surface area contributed by atoms with Gasteiger partial charge in [0.25, 0.3) is 11.8 Å². The van der Waals surface area contributed by atoms with Gasteiger partial charge in [-0.3, -0.25) is 9.59 Å². The minimum atomic E-state index is -0.799. The number of nitrogens with one attached hydrogen (secondary N) is 2. The van der Waals surface area contributed by atoms with E-state index in [1.165, 1.54) is 19.2 Å². The highest BCUT2D eigenvalue weighted by Gasteiger charge is 2.12. The van der Waals surface area contributed by atoms with E-state index in [2.05, 4.69) is 10.6 Å². The van der Waals surface area contributed by atoms with Gasteiger partial charge in [-0.15, -0.1) is 0 Å². The van der Waals surface area contributed by atoms with Crippen molar-refractivity contribution in [2.45, 2.75) is 13.5 Å². The topological polar surface area (TPSA) is 103 Å². The van der Waals surface area contributed by atoms with Gasteiger partial charge < -0.3 is 24.8 Å². The second-order valence-electron chi connectivity index (χ2n) is 6.85. The lowest BCUT2D eigenvalue weighted by Gasteiger charge is -2.11. The molecular formula is C25H24N2O6. The summed E-state index contributed by atoms with van der Waals surface area (Å²) in [7, 11) is 1.51. The van der Waals surface area contributed by atoms with E-state index in [-0.39, 0.29) is 30.7 Å². The number of carbonyl (C=O) groups is 3. The zero-order valence-corrected chi connectivity index (χ0v) is 18.3. The number of carbonyl (C=O) groups excluding carboxylic acids is 3. The van der Waals surface area contributed by atoms with Crippen LogP contribution in [0, 0.1) is 0 Å². The summed E-state index contributed by atoms with van der Waals surface area (Å²) in [4.78, 5) is 36.4. The number of para-hydroxylation sites is 1. The molecule has 0 aliphatic heterocycles. The van der Waals surface area contributed by atoms with Crippen molar-refractivity contribution < 1.29 is 28.6 Å². The van der Waals surface area contributed by atoms with E-state index in [1.54, 1.807) is 61.5 Å². The Morgan fingerprint density at radius 1 is 0.879 bits per heavy atom. The predicted molar refractivity (Wildman–Crippen MR) is 123 cm³/mol.